The summed E-state index contributed by atoms with van der Waals surface area (Å²) in [6, 6.07) is 14.3. The summed E-state index contributed by atoms with van der Waals surface area (Å²) in [6.45, 7) is 2.42. The molecular formula is C21H20N8O4. The molecule has 0 saturated carbocycles. The number of methoxy groups -OCH3 is 1. The van der Waals surface area contributed by atoms with Crippen LogP contribution in [0.5, 0.6) is 11.5 Å². The Kier molecular flexibility index (Phi) is 6.25. The second kappa shape index (κ2) is 9.60. The van der Waals surface area contributed by atoms with E-state index >= 15 is 0 Å². The van der Waals surface area contributed by atoms with Gasteiger partial charge in [-0.15, -0.1) is 5.10 Å². The number of anilines is 1. The highest BCUT2D eigenvalue weighted by Crippen LogP contribution is 2.28. The molecule has 2 heterocycles. The maximum absolute atomic E-state index is 12.9. The Morgan fingerprint density at radius 3 is 2.73 bits per heavy atom. The van der Waals surface area contributed by atoms with Gasteiger partial charge in [0.2, 0.25) is 11.6 Å². The Morgan fingerprint density at radius 2 is 2.03 bits per heavy atom. The minimum absolute atomic E-state index is 0.00403. The summed E-state index contributed by atoms with van der Waals surface area (Å²) in [5.41, 5.74) is 9.98. The lowest BCUT2D eigenvalue weighted by atomic mass is 10.1. The van der Waals surface area contributed by atoms with E-state index in [9.17, 15) is 4.79 Å². The van der Waals surface area contributed by atoms with E-state index in [4.69, 9.17) is 15.2 Å². The zero-order valence-electron chi connectivity index (χ0n) is 17.8. The maximum Gasteiger partial charge on any atom is 0.294 e. The second-order valence-corrected chi connectivity index (χ2v) is 6.60. The van der Waals surface area contributed by atoms with E-state index < -0.39 is 5.91 Å². The molecule has 168 valence electrons. The fourth-order valence-corrected chi connectivity index (χ4v) is 3.00. The molecule has 4 aromatic rings. The Balaban J connectivity index is 1.66. The van der Waals surface area contributed by atoms with Crippen LogP contribution in [-0.4, -0.2) is 51.1 Å². The minimum Gasteiger partial charge on any atom is -0.497 e. The van der Waals surface area contributed by atoms with Gasteiger partial charge >= 0.3 is 0 Å². The first kappa shape index (κ1) is 21.5. The molecule has 4 rings (SSSR count). The summed E-state index contributed by atoms with van der Waals surface area (Å²) in [7, 11) is 1.57. The molecule has 0 fully saturated rings. The van der Waals surface area contributed by atoms with Crippen LogP contribution in [0.25, 0.3) is 17.1 Å². The molecule has 2 aromatic heterocycles. The van der Waals surface area contributed by atoms with Gasteiger partial charge in [-0.3, -0.25) is 4.79 Å². The lowest BCUT2D eigenvalue weighted by molar-refractivity contribution is 0.0950. The number of nitrogens with zero attached hydrogens (tertiary/aromatic N) is 6. The lowest BCUT2D eigenvalue weighted by Crippen LogP contribution is -2.19. The van der Waals surface area contributed by atoms with Gasteiger partial charge in [-0.2, -0.15) is 9.78 Å². The van der Waals surface area contributed by atoms with E-state index in [0.717, 1.165) is 5.56 Å². The standard InChI is InChI=1S/C21H20N8O4/c1-3-32-15-9-7-14(8-10-15)18-17(24-28-29(18)20-19(22)26-33-27-20)21(30)25-23-12-13-5-4-6-16(11-13)31-2/h4-12H,3H2,1-2H3,(H2,22,26)(H,25,30)/b23-12-. The number of aromatic nitrogens is 5. The maximum atomic E-state index is 12.9. The number of hydrogen-bond acceptors (Lipinski definition) is 10. The number of ether oxygens (including phenoxy) is 2. The summed E-state index contributed by atoms with van der Waals surface area (Å²) in [4.78, 5) is 12.9. The average molecular weight is 448 g/mol. The molecule has 0 saturated heterocycles. The predicted octanol–water partition coefficient (Wildman–Crippen LogP) is 2.07. The summed E-state index contributed by atoms with van der Waals surface area (Å²) >= 11 is 0. The SMILES string of the molecule is CCOc1ccc(-c2c(C(=O)N/N=C\c3cccc(OC)c3)nnn2-c2nonc2N)cc1. The quantitative estimate of drug-likeness (QED) is 0.304. The van der Waals surface area contributed by atoms with Gasteiger partial charge in [-0.05, 0) is 59.2 Å². The molecule has 12 heteroatoms. The van der Waals surface area contributed by atoms with Gasteiger partial charge in [-0.25, -0.2) is 10.1 Å². The van der Waals surface area contributed by atoms with Gasteiger partial charge in [0.25, 0.3) is 5.91 Å². The number of rotatable bonds is 8. The molecule has 0 atom stereocenters. The minimum atomic E-state index is -0.584. The van der Waals surface area contributed by atoms with E-state index in [1.807, 2.05) is 25.1 Å². The van der Waals surface area contributed by atoms with Crippen LogP contribution in [0.1, 0.15) is 23.0 Å². The van der Waals surface area contributed by atoms with Crippen LogP contribution in [0.3, 0.4) is 0 Å². The third-order valence-electron chi connectivity index (χ3n) is 4.49. The molecule has 1 amide bonds. The van der Waals surface area contributed by atoms with Crippen molar-refractivity contribution < 1.29 is 18.9 Å². The van der Waals surface area contributed by atoms with E-state index in [1.54, 1.807) is 37.4 Å². The van der Waals surface area contributed by atoms with Crippen LogP contribution < -0.4 is 20.6 Å². The average Bonchev–Trinajstić information content (AvgIpc) is 3.46. The molecule has 33 heavy (non-hydrogen) atoms. The number of nitrogen functional groups attached to an aromatic ring is 1. The molecule has 0 spiro atoms. The predicted molar refractivity (Wildman–Crippen MR) is 118 cm³/mol. The highest BCUT2D eigenvalue weighted by atomic mass is 16.6. The molecule has 0 radical (unpaired) electrons. The van der Waals surface area contributed by atoms with Crippen molar-refractivity contribution in [2.75, 3.05) is 19.5 Å². The first-order chi connectivity index (χ1) is 16.1. The number of carbonyl (C=O) groups is 1. The van der Waals surface area contributed by atoms with Gasteiger partial charge in [0.15, 0.2) is 5.69 Å². The van der Waals surface area contributed by atoms with Crippen molar-refractivity contribution in [3.05, 3.63) is 59.8 Å². The van der Waals surface area contributed by atoms with Crippen molar-refractivity contribution in [2.45, 2.75) is 6.92 Å². The van der Waals surface area contributed by atoms with Gasteiger partial charge in [0.05, 0.1) is 19.9 Å². The van der Waals surface area contributed by atoms with Crippen LogP contribution in [0.2, 0.25) is 0 Å². The summed E-state index contributed by atoms with van der Waals surface area (Å²) in [5, 5.41) is 19.4. The monoisotopic (exact) mass is 448 g/mol. The van der Waals surface area contributed by atoms with E-state index in [-0.39, 0.29) is 17.3 Å². The zero-order chi connectivity index (χ0) is 23.2. The van der Waals surface area contributed by atoms with Gasteiger partial charge in [0.1, 0.15) is 17.2 Å². The second-order valence-electron chi connectivity index (χ2n) is 6.60. The molecule has 0 aliphatic rings. The Hall–Kier alpha value is -4.74. The normalized spacial score (nSPS) is 11.0. The number of nitrogens with two attached hydrogens (primary N) is 1. The number of carbonyl (C=O) groups excluding carboxylic acids is 1. The number of nitrogens with one attached hydrogen (secondary N) is 1. The molecule has 0 bridgehead atoms. The largest absolute Gasteiger partial charge is 0.497 e. The molecule has 12 nitrogen and oxygen atoms in total. The smallest absolute Gasteiger partial charge is 0.294 e. The first-order valence-corrected chi connectivity index (χ1v) is 9.85. The van der Waals surface area contributed by atoms with Crippen molar-refractivity contribution in [1.29, 1.82) is 0 Å². The fourth-order valence-electron chi connectivity index (χ4n) is 3.00. The van der Waals surface area contributed by atoms with E-state index in [2.05, 4.69) is 35.8 Å². The number of hydrazone groups is 1. The van der Waals surface area contributed by atoms with Crippen molar-refractivity contribution in [1.82, 2.24) is 30.7 Å². The van der Waals surface area contributed by atoms with Crippen molar-refractivity contribution in [2.24, 2.45) is 5.10 Å². The highest BCUT2D eigenvalue weighted by molar-refractivity contribution is 5.98. The van der Waals surface area contributed by atoms with Crippen molar-refractivity contribution >= 4 is 17.9 Å². The van der Waals surface area contributed by atoms with Crippen LogP contribution in [-0.2, 0) is 0 Å². The van der Waals surface area contributed by atoms with Crippen molar-refractivity contribution in [3.8, 4) is 28.6 Å². The topological polar surface area (TPSA) is 156 Å². The summed E-state index contributed by atoms with van der Waals surface area (Å²) in [5.74, 6) is 0.862. The molecule has 0 aliphatic carbocycles. The molecule has 0 aliphatic heterocycles. The number of benzene rings is 2. The van der Waals surface area contributed by atoms with E-state index in [1.165, 1.54) is 10.9 Å². The number of amides is 1. The lowest BCUT2D eigenvalue weighted by Gasteiger charge is -2.07. The van der Waals surface area contributed by atoms with Crippen molar-refractivity contribution in [3.63, 3.8) is 0 Å². The van der Waals surface area contributed by atoms with E-state index in [0.29, 0.717) is 29.4 Å². The van der Waals surface area contributed by atoms with Crippen LogP contribution >= 0.6 is 0 Å². The summed E-state index contributed by atoms with van der Waals surface area (Å²) < 4.78 is 16.6. The fraction of sp³-hybridized carbons (Fsp3) is 0.143. The van der Waals surface area contributed by atoms with Crippen LogP contribution in [0.15, 0.2) is 58.3 Å². The molecule has 0 unspecified atom stereocenters. The summed E-state index contributed by atoms with van der Waals surface area (Å²) in [6.07, 6.45) is 1.49. The molecular weight excluding hydrogens is 428 g/mol. The Morgan fingerprint density at radius 1 is 1.21 bits per heavy atom. The first-order valence-electron chi connectivity index (χ1n) is 9.85. The molecule has 2 aromatic carbocycles. The van der Waals surface area contributed by atoms with Gasteiger partial charge in [-0.1, -0.05) is 17.3 Å². The third kappa shape index (κ3) is 4.63. The van der Waals surface area contributed by atoms with Crippen LogP contribution in [0.4, 0.5) is 5.82 Å². The zero-order valence-corrected chi connectivity index (χ0v) is 17.8. The highest BCUT2D eigenvalue weighted by Gasteiger charge is 2.25. The Bertz CT molecular complexity index is 1280. The van der Waals surface area contributed by atoms with Crippen LogP contribution in [0, 0.1) is 0 Å². The number of hydrogen-bond donors (Lipinski definition) is 2. The Labute approximate surface area is 188 Å². The van der Waals surface area contributed by atoms with Gasteiger partial charge in [0, 0.05) is 5.56 Å². The third-order valence-corrected chi connectivity index (χ3v) is 4.49. The van der Waals surface area contributed by atoms with Gasteiger partial charge < -0.3 is 15.2 Å². The molecule has 3 N–H and O–H groups in total.